The monoisotopic (exact) mass is 265 g/mol. The molecule has 2 N–H and O–H groups in total. The van der Waals surface area contributed by atoms with Crippen molar-refractivity contribution in [2.24, 2.45) is 0 Å². The van der Waals surface area contributed by atoms with Crippen LogP contribution < -0.4 is 11.3 Å². The topological polar surface area (TPSA) is 60.5 Å². The summed E-state index contributed by atoms with van der Waals surface area (Å²) in [5.41, 5.74) is 6.34. The summed E-state index contributed by atoms with van der Waals surface area (Å²) in [4.78, 5) is 14.0. The van der Waals surface area contributed by atoms with Gasteiger partial charge in [0.25, 0.3) is 5.56 Å². The summed E-state index contributed by atoms with van der Waals surface area (Å²) >= 11 is 0. The van der Waals surface area contributed by atoms with Crippen LogP contribution >= 0.6 is 0 Å². The Balaban J connectivity index is 1.80. The van der Waals surface area contributed by atoms with Crippen molar-refractivity contribution in [2.45, 2.75) is 31.9 Å². The van der Waals surface area contributed by atoms with Crippen LogP contribution in [0.4, 0.5) is 5.69 Å². The van der Waals surface area contributed by atoms with Crippen LogP contribution in [0.3, 0.4) is 0 Å². The fourth-order valence-electron chi connectivity index (χ4n) is 2.60. The second-order valence-electron chi connectivity index (χ2n) is 5.15. The number of anilines is 1. The number of aromatic nitrogens is 1. The second kappa shape index (κ2) is 6.73. The number of methoxy groups -OCH3 is 1. The first-order valence-corrected chi connectivity index (χ1v) is 6.90. The number of piperidine rings is 1. The molecule has 0 amide bonds. The zero-order chi connectivity index (χ0) is 13.7. The van der Waals surface area contributed by atoms with Gasteiger partial charge in [0, 0.05) is 38.1 Å². The Hall–Kier alpha value is -1.33. The molecule has 0 bridgehead atoms. The summed E-state index contributed by atoms with van der Waals surface area (Å²) in [7, 11) is 1.78. The average Bonchev–Trinajstić information content (AvgIpc) is 2.43. The lowest BCUT2D eigenvalue weighted by Gasteiger charge is -2.31. The highest BCUT2D eigenvalue weighted by Crippen LogP contribution is 2.12. The van der Waals surface area contributed by atoms with Crippen LogP contribution in [-0.4, -0.2) is 42.3 Å². The van der Waals surface area contributed by atoms with E-state index in [-0.39, 0.29) is 5.56 Å². The molecule has 0 saturated carbocycles. The van der Waals surface area contributed by atoms with E-state index in [1.165, 1.54) is 12.5 Å². The maximum Gasteiger partial charge on any atom is 0.250 e. The molecule has 1 saturated heterocycles. The van der Waals surface area contributed by atoms with Crippen molar-refractivity contribution in [3.8, 4) is 0 Å². The number of likely N-dealkylation sites (tertiary alicyclic amines) is 1. The van der Waals surface area contributed by atoms with Crippen LogP contribution in [0, 0.1) is 0 Å². The number of rotatable bonds is 5. The number of pyridine rings is 1. The number of nitrogen functional groups attached to an aromatic ring is 1. The fraction of sp³-hybridized carbons (Fsp3) is 0.643. The Kier molecular flexibility index (Phi) is 4.99. The van der Waals surface area contributed by atoms with Crippen LogP contribution in [0.2, 0.25) is 0 Å². The average molecular weight is 265 g/mol. The third kappa shape index (κ3) is 4.08. The molecule has 1 atom stereocenters. The van der Waals surface area contributed by atoms with E-state index in [1.807, 2.05) is 0 Å². The molecule has 1 unspecified atom stereocenters. The van der Waals surface area contributed by atoms with E-state index in [4.69, 9.17) is 10.5 Å². The van der Waals surface area contributed by atoms with Gasteiger partial charge in [0.1, 0.15) is 0 Å². The van der Waals surface area contributed by atoms with Gasteiger partial charge in [-0.05, 0) is 38.4 Å². The standard InChI is InChI=1S/C14H23N3O2/c1-19-13-4-2-7-16(11-13)8-3-9-17-10-12(15)5-6-14(17)18/h5-6,10,13H,2-4,7-9,11,15H2,1H3. The van der Waals surface area contributed by atoms with E-state index in [9.17, 15) is 4.79 Å². The predicted octanol–water partition coefficient (Wildman–Crippen LogP) is 0.931. The van der Waals surface area contributed by atoms with Gasteiger partial charge in [0.05, 0.1) is 6.10 Å². The Morgan fingerprint density at radius 1 is 1.42 bits per heavy atom. The Morgan fingerprint density at radius 3 is 3.05 bits per heavy atom. The van der Waals surface area contributed by atoms with Crippen LogP contribution in [0.1, 0.15) is 19.3 Å². The molecule has 5 heteroatoms. The first-order valence-electron chi connectivity index (χ1n) is 6.90. The first-order chi connectivity index (χ1) is 9.19. The van der Waals surface area contributed by atoms with Gasteiger partial charge >= 0.3 is 0 Å². The Morgan fingerprint density at radius 2 is 2.26 bits per heavy atom. The third-order valence-electron chi connectivity index (χ3n) is 3.68. The molecule has 2 heterocycles. The van der Waals surface area contributed by atoms with Crippen LogP contribution in [0.15, 0.2) is 23.1 Å². The number of aryl methyl sites for hydroxylation is 1. The summed E-state index contributed by atoms with van der Waals surface area (Å²) in [6.45, 7) is 3.85. The van der Waals surface area contributed by atoms with E-state index >= 15 is 0 Å². The minimum atomic E-state index is 0.0163. The molecule has 1 fully saturated rings. The molecular weight excluding hydrogens is 242 g/mol. The summed E-state index contributed by atoms with van der Waals surface area (Å²) < 4.78 is 7.10. The van der Waals surface area contributed by atoms with E-state index in [0.717, 1.165) is 39.0 Å². The SMILES string of the molecule is COC1CCCN(CCCn2cc(N)ccc2=O)C1. The smallest absolute Gasteiger partial charge is 0.250 e. The number of hydrogen-bond acceptors (Lipinski definition) is 4. The minimum absolute atomic E-state index is 0.0163. The second-order valence-corrected chi connectivity index (χ2v) is 5.15. The van der Waals surface area contributed by atoms with Gasteiger partial charge in [-0.25, -0.2) is 0 Å². The Bertz CT molecular complexity index is 458. The molecule has 1 aromatic heterocycles. The number of nitrogens with two attached hydrogens (primary N) is 1. The normalized spacial score (nSPS) is 20.6. The van der Waals surface area contributed by atoms with Crippen LogP contribution in [0.5, 0.6) is 0 Å². The van der Waals surface area contributed by atoms with Gasteiger partial charge in [0.2, 0.25) is 0 Å². The van der Waals surface area contributed by atoms with Crippen molar-refractivity contribution in [3.05, 3.63) is 28.7 Å². The van der Waals surface area contributed by atoms with Crippen molar-refractivity contribution in [3.63, 3.8) is 0 Å². The van der Waals surface area contributed by atoms with Crippen molar-refractivity contribution < 1.29 is 4.74 Å². The van der Waals surface area contributed by atoms with Crippen molar-refractivity contribution >= 4 is 5.69 Å². The molecule has 0 aromatic carbocycles. The highest BCUT2D eigenvalue weighted by atomic mass is 16.5. The molecule has 19 heavy (non-hydrogen) atoms. The summed E-state index contributed by atoms with van der Waals surface area (Å²) in [5, 5.41) is 0. The lowest BCUT2D eigenvalue weighted by molar-refractivity contribution is 0.0307. The highest BCUT2D eigenvalue weighted by molar-refractivity contribution is 5.33. The zero-order valence-corrected chi connectivity index (χ0v) is 11.5. The predicted molar refractivity (Wildman–Crippen MR) is 76.2 cm³/mol. The lowest BCUT2D eigenvalue weighted by atomic mass is 10.1. The van der Waals surface area contributed by atoms with Gasteiger partial charge < -0.3 is 19.9 Å². The molecule has 2 rings (SSSR count). The van der Waals surface area contributed by atoms with Gasteiger partial charge in [0.15, 0.2) is 0 Å². The molecule has 1 aliphatic heterocycles. The number of nitrogens with zero attached hydrogens (tertiary/aromatic N) is 2. The van der Waals surface area contributed by atoms with Crippen LogP contribution in [-0.2, 0) is 11.3 Å². The largest absolute Gasteiger partial charge is 0.398 e. The summed E-state index contributed by atoms with van der Waals surface area (Å²) in [6, 6.07) is 3.17. The number of ether oxygens (including phenoxy) is 1. The molecular formula is C14H23N3O2. The summed E-state index contributed by atoms with van der Waals surface area (Å²) in [6.07, 6.45) is 5.39. The molecule has 5 nitrogen and oxygen atoms in total. The van der Waals surface area contributed by atoms with E-state index < -0.39 is 0 Å². The van der Waals surface area contributed by atoms with Crippen molar-refractivity contribution in [1.82, 2.24) is 9.47 Å². The first kappa shape index (κ1) is 14.1. The maximum absolute atomic E-state index is 11.6. The molecule has 0 aliphatic carbocycles. The Labute approximate surface area is 114 Å². The van der Waals surface area contributed by atoms with E-state index in [1.54, 1.807) is 23.9 Å². The zero-order valence-electron chi connectivity index (χ0n) is 11.5. The van der Waals surface area contributed by atoms with Crippen molar-refractivity contribution in [2.75, 3.05) is 32.5 Å². The fourth-order valence-corrected chi connectivity index (χ4v) is 2.60. The maximum atomic E-state index is 11.6. The lowest BCUT2D eigenvalue weighted by Crippen LogP contribution is -2.40. The van der Waals surface area contributed by atoms with E-state index in [2.05, 4.69) is 4.90 Å². The highest BCUT2D eigenvalue weighted by Gasteiger charge is 2.18. The van der Waals surface area contributed by atoms with Crippen LogP contribution in [0.25, 0.3) is 0 Å². The quantitative estimate of drug-likeness (QED) is 0.860. The third-order valence-corrected chi connectivity index (χ3v) is 3.68. The number of hydrogen-bond donors (Lipinski definition) is 1. The van der Waals surface area contributed by atoms with Gasteiger partial charge in [-0.15, -0.1) is 0 Å². The van der Waals surface area contributed by atoms with Crippen molar-refractivity contribution in [1.29, 1.82) is 0 Å². The minimum Gasteiger partial charge on any atom is -0.398 e. The summed E-state index contributed by atoms with van der Waals surface area (Å²) in [5.74, 6) is 0. The molecule has 1 aliphatic rings. The molecule has 0 radical (unpaired) electrons. The molecule has 106 valence electrons. The van der Waals surface area contributed by atoms with Gasteiger partial charge in [-0.1, -0.05) is 0 Å². The van der Waals surface area contributed by atoms with Gasteiger partial charge in [-0.2, -0.15) is 0 Å². The van der Waals surface area contributed by atoms with E-state index in [0.29, 0.717) is 11.8 Å². The molecule has 1 aromatic rings. The molecule has 0 spiro atoms. The van der Waals surface area contributed by atoms with Gasteiger partial charge in [-0.3, -0.25) is 4.79 Å².